The van der Waals surface area contributed by atoms with E-state index in [4.69, 9.17) is 0 Å². The highest BCUT2D eigenvalue weighted by atomic mass is 16.1. The maximum Gasteiger partial charge on any atom is 0.205 e. The summed E-state index contributed by atoms with van der Waals surface area (Å²) in [4.78, 5) is 16.4. The first-order valence-corrected chi connectivity index (χ1v) is 7.85. The third-order valence-corrected chi connectivity index (χ3v) is 3.90. The minimum Gasteiger partial charge on any atom is -0.379 e. The van der Waals surface area contributed by atoms with Crippen molar-refractivity contribution in [2.45, 2.75) is 6.54 Å². The van der Waals surface area contributed by atoms with Gasteiger partial charge in [0.15, 0.2) is 0 Å². The molecule has 0 unspecified atom stereocenters. The Morgan fingerprint density at radius 2 is 2.12 bits per heavy atom. The van der Waals surface area contributed by atoms with Gasteiger partial charge in [-0.2, -0.15) is 10.2 Å². The molecule has 25 heavy (non-hydrogen) atoms. The van der Waals surface area contributed by atoms with E-state index in [1.165, 1.54) is 6.07 Å². The molecule has 4 rings (SSSR count). The fourth-order valence-electron chi connectivity index (χ4n) is 2.61. The molecular weight excluding hydrogens is 316 g/mol. The minimum absolute atomic E-state index is 0.102. The Hall–Kier alpha value is -3.48. The van der Waals surface area contributed by atoms with Gasteiger partial charge in [0.1, 0.15) is 11.4 Å². The first-order chi connectivity index (χ1) is 12.2. The molecule has 0 saturated carbocycles. The zero-order valence-corrected chi connectivity index (χ0v) is 13.6. The lowest BCUT2D eigenvalue weighted by Gasteiger charge is -2.08. The highest BCUT2D eigenvalue weighted by molar-refractivity contribution is 5.82. The number of hydrogen-bond donors (Lipinski definition) is 1. The first-order valence-electron chi connectivity index (χ1n) is 7.85. The summed E-state index contributed by atoms with van der Waals surface area (Å²) in [5.74, 6) is 0. The SMILES string of the molecule is Cn1cc(-n2ccc(=O)c(CNc3ccc4ncccc4c3)n2)cn1. The summed E-state index contributed by atoms with van der Waals surface area (Å²) >= 11 is 0. The number of nitrogens with zero attached hydrogens (tertiary/aromatic N) is 5. The summed E-state index contributed by atoms with van der Waals surface area (Å²) < 4.78 is 3.34. The lowest BCUT2D eigenvalue weighted by molar-refractivity contribution is 0.761. The average molecular weight is 332 g/mol. The molecular formula is C18H16N6O. The van der Waals surface area contributed by atoms with Crippen LogP contribution in [0.15, 0.2) is 66.0 Å². The first kappa shape index (κ1) is 15.1. The molecule has 0 aliphatic carbocycles. The van der Waals surface area contributed by atoms with Crippen LogP contribution in [0.4, 0.5) is 5.69 Å². The maximum atomic E-state index is 12.1. The van der Waals surface area contributed by atoms with Crippen molar-refractivity contribution in [1.82, 2.24) is 24.5 Å². The molecule has 0 fully saturated rings. The molecule has 1 aromatic carbocycles. The molecule has 0 amide bonds. The molecule has 3 aromatic heterocycles. The summed E-state index contributed by atoms with van der Waals surface area (Å²) in [6.45, 7) is 0.339. The standard InChI is InChI=1S/C18H16N6O/c1-23-12-15(10-21-23)24-8-6-18(25)17(22-24)11-20-14-4-5-16-13(9-14)3-2-7-19-16/h2-10,12,20H,11H2,1H3. The number of benzene rings is 1. The summed E-state index contributed by atoms with van der Waals surface area (Å²) in [7, 11) is 1.84. The van der Waals surface area contributed by atoms with Gasteiger partial charge in [0, 0.05) is 36.6 Å². The third-order valence-electron chi connectivity index (χ3n) is 3.90. The second kappa shape index (κ2) is 6.20. The number of rotatable bonds is 4. The van der Waals surface area contributed by atoms with E-state index in [0.717, 1.165) is 22.3 Å². The van der Waals surface area contributed by atoms with E-state index in [1.54, 1.807) is 28.0 Å². The van der Waals surface area contributed by atoms with Gasteiger partial charge in [-0.15, -0.1) is 0 Å². The van der Waals surface area contributed by atoms with Gasteiger partial charge in [0.05, 0.1) is 24.5 Å². The van der Waals surface area contributed by atoms with Crippen molar-refractivity contribution in [3.05, 3.63) is 77.1 Å². The zero-order chi connectivity index (χ0) is 17.2. The number of nitrogens with one attached hydrogen (secondary N) is 1. The number of anilines is 1. The Bertz CT molecular complexity index is 1100. The quantitative estimate of drug-likeness (QED) is 0.619. The molecule has 7 nitrogen and oxygen atoms in total. The van der Waals surface area contributed by atoms with Crippen LogP contribution < -0.4 is 10.7 Å². The Kier molecular flexibility index (Phi) is 3.74. The topological polar surface area (TPSA) is 77.6 Å². The van der Waals surface area contributed by atoms with Crippen LogP contribution in [0.1, 0.15) is 5.69 Å². The van der Waals surface area contributed by atoms with Crippen molar-refractivity contribution in [2.24, 2.45) is 7.05 Å². The zero-order valence-electron chi connectivity index (χ0n) is 13.6. The van der Waals surface area contributed by atoms with E-state index in [9.17, 15) is 4.79 Å². The Morgan fingerprint density at radius 3 is 2.96 bits per heavy atom. The predicted molar refractivity (Wildman–Crippen MR) is 95.7 cm³/mol. The van der Waals surface area contributed by atoms with Crippen molar-refractivity contribution in [1.29, 1.82) is 0 Å². The van der Waals surface area contributed by atoms with E-state index >= 15 is 0 Å². The number of fused-ring (bicyclic) bond motifs is 1. The van der Waals surface area contributed by atoms with Gasteiger partial charge in [-0.1, -0.05) is 6.07 Å². The van der Waals surface area contributed by atoms with Gasteiger partial charge in [0.25, 0.3) is 0 Å². The highest BCUT2D eigenvalue weighted by Gasteiger charge is 2.06. The molecule has 0 aliphatic heterocycles. The Labute approximate surface area is 143 Å². The van der Waals surface area contributed by atoms with E-state index < -0.39 is 0 Å². The van der Waals surface area contributed by atoms with Crippen LogP contribution in [0.5, 0.6) is 0 Å². The van der Waals surface area contributed by atoms with Gasteiger partial charge in [-0.05, 0) is 24.3 Å². The number of pyridine rings is 1. The van der Waals surface area contributed by atoms with Crippen molar-refractivity contribution in [3.63, 3.8) is 0 Å². The normalized spacial score (nSPS) is 10.9. The van der Waals surface area contributed by atoms with Crippen molar-refractivity contribution in [3.8, 4) is 5.69 Å². The summed E-state index contributed by atoms with van der Waals surface area (Å²) in [6.07, 6.45) is 6.95. The predicted octanol–water partition coefficient (Wildman–Crippen LogP) is 2.13. The molecule has 3 heterocycles. The second-order valence-corrected chi connectivity index (χ2v) is 5.71. The number of aromatic nitrogens is 5. The third kappa shape index (κ3) is 3.12. The van der Waals surface area contributed by atoms with Crippen LogP contribution in [0, 0.1) is 0 Å². The van der Waals surface area contributed by atoms with E-state index in [0.29, 0.717) is 12.2 Å². The fourth-order valence-corrected chi connectivity index (χ4v) is 2.61. The largest absolute Gasteiger partial charge is 0.379 e. The lowest BCUT2D eigenvalue weighted by Crippen LogP contribution is -2.18. The van der Waals surface area contributed by atoms with Crippen LogP contribution >= 0.6 is 0 Å². The molecule has 0 spiro atoms. The van der Waals surface area contributed by atoms with E-state index in [1.807, 2.05) is 43.6 Å². The Balaban J connectivity index is 1.58. The summed E-state index contributed by atoms with van der Waals surface area (Å²) in [5.41, 5.74) is 3.00. The van der Waals surface area contributed by atoms with E-state index in [2.05, 4.69) is 20.5 Å². The van der Waals surface area contributed by atoms with Gasteiger partial charge >= 0.3 is 0 Å². The van der Waals surface area contributed by atoms with Gasteiger partial charge in [-0.3, -0.25) is 14.5 Å². The van der Waals surface area contributed by atoms with Crippen molar-refractivity contribution in [2.75, 3.05) is 5.32 Å². The molecule has 0 bridgehead atoms. The smallest absolute Gasteiger partial charge is 0.205 e. The molecule has 0 atom stereocenters. The average Bonchev–Trinajstić information content (AvgIpc) is 3.07. The molecule has 0 saturated heterocycles. The lowest BCUT2D eigenvalue weighted by atomic mass is 10.2. The van der Waals surface area contributed by atoms with E-state index in [-0.39, 0.29) is 5.43 Å². The van der Waals surface area contributed by atoms with Crippen molar-refractivity contribution >= 4 is 16.6 Å². The van der Waals surface area contributed by atoms with Crippen LogP contribution in [0.2, 0.25) is 0 Å². The monoisotopic (exact) mass is 332 g/mol. The van der Waals surface area contributed by atoms with Crippen LogP contribution in [-0.2, 0) is 13.6 Å². The van der Waals surface area contributed by atoms with Crippen LogP contribution in [-0.4, -0.2) is 24.5 Å². The Morgan fingerprint density at radius 1 is 1.20 bits per heavy atom. The fraction of sp³-hybridized carbons (Fsp3) is 0.111. The molecule has 124 valence electrons. The van der Waals surface area contributed by atoms with Gasteiger partial charge in [-0.25, -0.2) is 4.68 Å². The van der Waals surface area contributed by atoms with Crippen LogP contribution in [0.3, 0.4) is 0 Å². The van der Waals surface area contributed by atoms with Gasteiger partial charge < -0.3 is 5.32 Å². The molecule has 0 radical (unpaired) electrons. The number of hydrogen-bond acceptors (Lipinski definition) is 5. The van der Waals surface area contributed by atoms with Crippen molar-refractivity contribution < 1.29 is 0 Å². The molecule has 4 aromatic rings. The second-order valence-electron chi connectivity index (χ2n) is 5.71. The minimum atomic E-state index is -0.102. The molecule has 1 N–H and O–H groups in total. The number of aryl methyl sites for hydroxylation is 1. The van der Waals surface area contributed by atoms with Crippen LogP contribution in [0.25, 0.3) is 16.6 Å². The van der Waals surface area contributed by atoms with Gasteiger partial charge in [0.2, 0.25) is 5.43 Å². The molecule has 0 aliphatic rings. The highest BCUT2D eigenvalue weighted by Crippen LogP contribution is 2.17. The summed E-state index contributed by atoms with van der Waals surface area (Å²) in [5, 5.41) is 12.8. The summed E-state index contributed by atoms with van der Waals surface area (Å²) in [6, 6.07) is 11.3. The molecule has 7 heteroatoms. The maximum absolute atomic E-state index is 12.1.